The fourth-order valence-corrected chi connectivity index (χ4v) is 2.42. The molecule has 1 heterocycles. The molecular weight excluding hydrogens is 352 g/mol. The molecule has 0 aliphatic heterocycles. The zero-order valence-corrected chi connectivity index (χ0v) is 14.8. The first-order valence-corrected chi connectivity index (χ1v) is 8.42. The molecule has 1 aromatic heterocycles. The molecule has 3 aromatic rings. The Balaban J connectivity index is 1.70. The van der Waals surface area contributed by atoms with Gasteiger partial charge in [0, 0.05) is 12.4 Å². The van der Waals surface area contributed by atoms with Gasteiger partial charge in [-0.1, -0.05) is 35.9 Å². The van der Waals surface area contributed by atoms with Crippen molar-refractivity contribution in [2.24, 2.45) is 0 Å². The summed E-state index contributed by atoms with van der Waals surface area (Å²) in [5.74, 6) is 0.645. The summed E-state index contributed by atoms with van der Waals surface area (Å²) in [6, 6.07) is 14.5. The van der Waals surface area contributed by atoms with Crippen LogP contribution in [0.5, 0.6) is 5.75 Å². The number of amides is 1. The lowest BCUT2D eigenvalue weighted by Gasteiger charge is -2.11. The number of anilines is 3. The molecule has 0 radical (unpaired) electrons. The number of carbonyl (C=O) groups is 1. The van der Waals surface area contributed by atoms with Crippen molar-refractivity contribution >= 4 is 34.8 Å². The number of rotatable bonds is 6. The third-order valence-electron chi connectivity index (χ3n) is 3.47. The second-order valence-electron chi connectivity index (χ2n) is 5.28. The maximum absolute atomic E-state index is 12.4. The predicted molar refractivity (Wildman–Crippen MR) is 102 cm³/mol. The molecule has 2 N–H and O–H groups in total. The molecule has 0 bridgehead atoms. The molecule has 0 fully saturated rings. The van der Waals surface area contributed by atoms with Gasteiger partial charge >= 0.3 is 0 Å². The molecule has 1 amide bonds. The highest BCUT2D eigenvalue weighted by Crippen LogP contribution is 2.25. The lowest BCUT2D eigenvalue weighted by atomic mass is 10.2. The van der Waals surface area contributed by atoms with Crippen molar-refractivity contribution in [3.8, 4) is 5.75 Å². The summed E-state index contributed by atoms with van der Waals surface area (Å²) in [6.45, 7) is 2.40. The molecular formula is C19H17ClN4O2. The lowest BCUT2D eigenvalue weighted by Crippen LogP contribution is -2.14. The first-order valence-electron chi connectivity index (χ1n) is 8.04. The fourth-order valence-electron chi connectivity index (χ4n) is 2.24. The lowest BCUT2D eigenvalue weighted by molar-refractivity contribution is 0.102. The highest BCUT2D eigenvalue weighted by atomic mass is 35.5. The second-order valence-corrected chi connectivity index (χ2v) is 5.69. The minimum absolute atomic E-state index is 0.318. The van der Waals surface area contributed by atoms with E-state index < -0.39 is 0 Å². The van der Waals surface area contributed by atoms with E-state index in [4.69, 9.17) is 16.3 Å². The van der Waals surface area contributed by atoms with E-state index in [0.717, 1.165) is 0 Å². The van der Waals surface area contributed by atoms with Crippen LogP contribution in [-0.2, 0) is 0 Å². The van der Waals surface area contributed by atoms with E-state index in [2.05, 4.69) is 20.6 Å². The highest BCUT2D eigenvalue weighted by Gasteiger charge is 2.11. The van der Waals surface area contributed by atoms with Gasteiger partial charge in [-0.2, -0.15) is 0 Å². The van der Waals surface area contributed by atoms with Crippen molar-refractivity contribution in [3.05, 3.63) is 71.5 Å². The van der Waals surface area contributed by atoms with Gasteiger partial charge in [0.05, 0.1) is 28.6 Å². The van der Waals surface area contributed by atoms with E-state index in [0.29, 0.717) is 40.3 Å². The number of nitrogens with one attached hydrogen (secondary N) is 2. The monoisotopic (exact) mass is 368 g/mol. The van der Waals surface area contributed by atoms with Crippen LogP contribution >= 0.6 is 11.6 Å². The Morgan fingerprint density at radius 3 is 2.38 bits per heavy atom. The normalized spacial score (nSPS) is 10.2. The zero-order valence-electron chi connectivity index (χ0n) is 14.1. The van der Waals surface area contributed by atoms with Crippen molar-refractivity contribution in [2.45, 2.75) is 6.92 Å². The summed E-state index contributed by atoms with van der Waals surface area (Å²) < 4.78 is 5.50. The number of hydrogen-bond donors (Lipinski definition) is 2. The molecule has 0 aliphatic rings. The summed E-state index contributed by atoms with van der Waals surface area (Å²) in [7, 11) is 0. The number of halogens is 1. The zero-order chi connectivity index (χ0) is 18.4. The van der Waals surface area contributed by atoms with E-state index in [1.165, 1.54) is 12.4 Å². The third-order valence-corrected chi connectivity index (χ3v) is 3.80. The highest BCUT2D eigenvalue weighted by molar-refractivity contribution is 6.33. The number of aromatic nitrogens is 2. The van der Waals surface area contributed by atoms with Crippen LogP contribution in [0.1, 0.15) is 17.3 Å². The molecule has 132 valence electrons. The van der Waals surface area contributed by atoms with Gasteiger partial charge in [0.25, 0.3) is 5.91 Å². The summed E-state index contributed by atoms with van der Waals surface area (Å²) in [4.78, 5) is 20.7. The van der Waals surface area contributed by atoms with Crippen molar-refractivity contribution in [1.82, 2.24) is 9.97 Å². The van der Waals surface area contributed by atoms with Gasteiger partial charge in [-0.05, 0) is 31.2 Å². The molecule has 7 heteroatoms. The Morgan fingerprint density at radius 2 is 1.69 bits per heavy atom. The molecule has 3 rings (SSSR count). The summed E-state index contributed by atoms with van der Waals surface area (Å²) >= 11 is 6.09. The largest absolute Gasteiger partial charge is 0.492 e. The molecule has 0 saturated heterocycles. The standard InChI is InChI=1S/C19H17ClN4O2/c1-2-26-17-10-6-5-9-16(17)23-18(25)13-11-21-19(22-12-13)24-15-8-4-3-7-14(15)20/h3-12H,2H2,1H3,(H,23,25)(H,21,22,24). The first kappa shape index (κ1) is 17.7. The summed E-state index contributed by atoms with van der Waals surface area (Å²) in [5, 5.41) is 6.37. The quantitative estimate of drug-likeness (QED) is 0.668. The Labute approximate surface area is 156 Å². The van der Waals surface area contributed by atoms with Crippen molar-refractivity contribution in [1.29, 1.82) is 0 Å². The van der Waals surface area contributed by atoms with Gasteiger partial charge in [-0.15, -0.1) is 0 Å². The molecule has 26 heavy (non-hydrogen) atoms. The Hall–Kier alpha value is -3.12. The van der Waals surface area contributed by atoms with E-state index in [-0.39, 0.29) is 5.91 Å². The smallest absolute Gasteiger partial charge is 0.258 e. The number of para-hydroxylation sites is 3. The van der Waals surface area contributed by atoms with E-state index in [1.807, 2.05) is 37.3 Å². The number of ether oxygens (including phenoxy) is 1. The average molecular weight is 369 g/mol. The average Bonchev–Trinajstić information content (AvgIpc) is 2.66. The molecule has 0 saturated carbocycles. The van der Waals surface area contributed by atoms with Gasteiger partial charge in [0.1, 0.15) is 5.75 Å². The van der Waals surface area contributed by atoms with Crippen LogP contribution in [0.15, 0.2) is 60.9 Å². The van der Waals surface area contributed by atoms with Crippen LogP contribution in [0.2, 0.25) is 5.02 Å². The van der Waals surface area contributed by atoms with E-state index >= 15 is 0 Å². The topological polar surface area (TPSA) is 76.1 Å². The molecule has 2 aromatic carbocycles. The number of benzene rings is 2. The number of carbonyl (C=O) groups excluding carboxylic acids is 1. The van der Waals surface area contributed by atoms with E-state index in [1.54, 1.807) is 18.2 Å². The third kappa shape index (κ3) is 4.29. The van der Waals surface area contributed by atoms with Gasteiger partial charge in [0.15, 0.2) is 0 Å². The number of hydrogen-bond acceptors (Lipinski definition) is 5. The Kier molecular flexibility index (Phi) is 5.66. The van der Waals surface area contributed by atoms with Crippen molar-refractivity contribution in [2.75, 3.05) is 17.2 Å². The molecule has 0 atom stereocenters. The first-order chi connectivity index (χ1) is 12.7. The Bertz CT molecular complexity index is 900. The molecule has 0 unspecified atom stereocenters. The van der Waals surface area contributed by atoms with E-state index in [9.17, 15) is 4.79 Å². The SMILES string of the molecule is CCOc1ccccc1NC(=O)c1cnc(Nc2ccccc2Cl)nc1. The van der Waals surface area contributed by atoms with Crippen LogP contribution in [0.4, 0.5) is 17.3 Å². The van der Waals surface area contributed by atoms with Crippen molar-refractivity contribution in [3.63, 3.8) is 0 Å². The maximum Gasteiger partial charge on any atom is 0.258 e. The van der Waals surface area contributed by atoms with Gasteiger partial charge in [0.2, 0.25) is 5.95 Å². The predicted octanol–water partition coefficient (Wildman–Crippen LogP) is 4.52. The Morgan fingerprint density at radius 1 is 1.04 bits per heavy atom. The van der Waals surface area contributed by atoms with Crippen LogP contribution in [-0.4, -0.2) is 22.5 Å². The molecule has 0 aliphatic carbocycles. The van der Waals surface area contributed by atoms with Crippen LogP contribution in [0.25, 0.3) is 0 Å². The van der Waals surface area contributed by atoms with Crippen LogP contribution < -0.4 is 15.4 Å². The maximum atomic E-state index is 12.4. The van der Waals surface area contributed by atoms with Crippen molar-refractivity contribution < 1.29 is 9.53 Å². The molecule has 0 spiro atoms. The minimum Gasteiger partial charge on any atom is -0.492 e. The number of nitrogens with zero attached hydrogens (tertiary/aromatic N) is 2. The summed E-state index contributed by atoms with van der Waals surface area (Å²) in [6.07, 6.45) is 2.90. The van der Waals surface area contributed by atoms with Gasteiger partial charge in [-0.3, -0.25) is 4.79 Å². The summed E-state index contributed by atoms with van der Waals surface area (Å²) in [5.41, 5.74) is 1.62. The van der Waals surface area contributed by atoms with Crippen LogP contribution in [0, 0.1) is 0 Å². The fraction of sp³-hybridized carbons (Fsp3) is 0.105. The molecule has 6 nitrogen and oxygen atoms in total. The van der Waals surface area contributed by atoms with Gasteiger partial charge in [-0.25, -0.2) is 9.97 Å². The minimum atomic E-state index is -0.318. The second kappa shape index (κ2) is 8.31. The van der Waals surface area contributed by atoms with Crippen LogP contribution in [0.3, 0.4) is 0 Å². The van der Waals surface area contributed by atoms with Gasteiger partial charge < -0.3 is 15.4 Å².